The zero-order valence-electron chi connectivity index (χ0n) is 16.9. The highest BCUT2D eigenvalue weighted by molar-refractivity contribution is 6.00. The Labute approximate surface area is 166 Å². The maximum atomic E-state index is 13.3. The molecule has 2 saturated heterocycles. The monoisotopic (exact) mass is 380 g/mol. The lowest BCUT2D eigenvalue weighted by Gasteiger charge is -2.41. The van der Waals surface area contributed by atoms with Gasteiger partial charge in [0, 0.05) is 31.2 Å². The molecule has 2 aliphatic rings. The molecule has 28 heavy (non-hydrogen) atoms. The summed E-state index contributed by atoms with van der Waals surface area (Å²) in [5.74, 6) is 1.51. The first-order valence-corrected chi connectivity index (χ1v) is 10.2. The number of hydrogen-bond acceptors (Lipinski definition) is 3. The second kappa shape index (κ2) is 7.12. The number of rotatable bonds is 3. The van der Waals surface area contributed by atoms with Crippen LogP contribution in [0.2, 0.25) is 0 Å². The first-order chi connectivity index (χ1) is 13.4. The van der Waals surface area contributed by atoms with Gasteiger partial charge in [-0.1, -0.05) is 30.3 Å². The Balaban J connectivity index is 1.59. The SMILES string of the molecule is Cc1cc(C(=O)N2CCC3(CCCN(C(C)C)C3=O)C2)c(-c2ccccc2)o1. The molecule has 3 heterocycles. The van der Waals surface area contributed by atoms with Crippen molar-refractivity contribution in [2.24, 2.45) is 5.41 Å². The lowest BCUT2D eigenvalue weighted by atomic mass is 9.78. The van der Waals surface area contributed by atoms with Crippen LogP contribution in [-0.2, 0) is 4.79 Å². The van der Waals surface area contributed by atoms with Crippen LogP contribution in [0.25, 0.3) is 11.3 Å². The summed E-state index contributed by atoms with van der Waals surface area (Å²) >= 11 is 0. The quantitative estimate of drug-likeness (QED) is 0.805. The van der Waals surface area contributed by atoms with Gasteiger partial charge < -0.3 is 14.2 Å². The maximum Gasteiger partial charge on any atom is 0.257 e. The van der Waals surface area contributed by atoms with E-state index in [1.54, 1.807) is 0 Å². The Morgan fingerprint density at radius 1 is 1.14 bits per heavy atom. The zero-order valence-corrected chi connectivity index (χ0v) is 16.9. The number of carbonyl (C=O) groups is 2. The third kappa shape index (κ3) is 3.13. The van der Waals surface area contributed by atoms with Crippen molar-refractivity contribution in [1.29, 1.82) is 0 Å². The van der Waals surface area contributed by atoms with Gasteiger partial charge in [0.1, 0.15) is 11.5 Å². The Bertz CT molecular complexity index is 887. The molecule has 2 aliphatic heterocycles. The van der Waals surface area contributed by atoms with Gasteiger partial charge in [-0.05, 0) is 46.1 Å². The van der Waals surface area contributed by atoms with E-state index in [2.05, 4.69) is 13.8 Å². The Morgan fingerprint density at radius 3 is 2.61 bits per heavy atom. The van der Waals surface area contributed by atoms with Crippen molar-refractivity contribution in [2.75, 3.05) is 19.6 Å². The molecule has 1 unspecified atom stereocenters. The lowest BCUT2D eigenvalue weighted by molar-refractivity contribution is -0.147. The van der Waals surface area contributed by atoms with Crippen LogP contribution in [-0.4, -0.2) is 47.3 Å². The second-order valence-corrected chi connectivity index (χ2v) is 8.42. The summed E-state index contributed by atoms with van der Waals surface area (Å²) in [5.41, 5.74) is 1.07. The van der Waals surface area contributed by atoms with Crippen molar-refractivity contribution >= 4 is 11.8 Å². The van der Waals surface area contributed by atoms with Crippen LogP contribution >= 0.6 is 0 Å². The minimum absolute atomic E-state index is 0.0398. The molecule has 1 aromatic heterocycles. The maximum absolute atomic E-state index is 13.3. The molecule has 2 aromatic rings. The molecule has 2 fully saturated rings. The van der Waals surface area contributed by atoms with Gasteiger partial charge >= 0.3 is 0 Å². The minimum Gasteiger partial charge on any atom is -0.461 e. The molecule has 5 nitrogen and oxygen atoms in total. The van der Waals surface area contributed by atoms with Crippen molar-refractivity contribution in [2.45, 2.75) is 46.1 Å². The number of benzene rings is 1. The molecular formula is C23H28N2O3. The van der Waals surface area contributed by atoms with Gasteiger partial charge in [0.2, 0.25) is 5.91 Å². The summed E-state index contributed by atoms with van der Waals surface area (Å²) in [6, 6.07) is 11.7. The average molecular weight is 380 g/mol. The van der Waals surface area contributed by atoms with Crippen LogP contribution in [0.15, 0.2) is 40.8 Å². The molecule has 0 radical (unpaired) electrons. The molecule has 0 aliphatic carbocycles. The van der Waals surface area contributed by atoms with Crippen molar-refractivity contribution in [3.63, 3.8) is 0 Å². The molecule has 5 heteroatoms. The van der Waals surface area contributed by atoms with Gasteiger partial charge in [0.05, 0.1) is 11.0 Å². The molecule has 1 spiro atoms. The number of likely N-dealkylation sites (tertiary alicyclic amines) is 2. The highest BCUT2D eigenvalue weighted by Crippen LogP contribution is 2.41. The summed E-state index contributed by atoms with van der Waals surface area (Å²) < 4.78 is 5.87. The molecule has 0 bridgehead atoms. The Morgan fingerprint density at radius 2 is 1.89 bits per heavy atom. The van der Waals surface area contributed by atoms with Gasteiger partial charge in [-0.15, -0.1) is 0 Å². The Hall–Kier alpha value is -2.56. The van der Waals surface area contributed by atoms with Crippen LogP contribution in [0.4, 0.5) is 0 Å². The van der Waals surface area contributed by atoms with E-state index in [9.17, 15) is 9.59 Å². The van der Waals surface area contributed by atoms with Gasteiger partial charge in [0.25, 0.3) is 5.91 Å². The number of nitrogens with zero attached hydrogens (tertiary/aromatic N) is 2. The highest BCUT2D eigenvalue weighted by Gasteiger charge is 2.50. The first kappa shape index (κ1) is 18.8. The van der Waals surface area contributed by atoms with E-state index in [4.69, 9.17) is 4.42 Å². The number of hydrogen-bond donors (Lipinski definition) is 0. The van der Waals surface area contributed by atoms with Crippen molar-refractivity contribution in [3.8, 4) is 11.3 Å². The smallest absolute Gasteiger partial charge is 0.257 e. The van der Waals surface area contributed by atoms with E-state index in [0.717, 1.165) is 37.1 Å². The van der Waals surface area contributed by atoms with Crippen LogP contribution < -0.4 is 0 Å². The van der Waals surface area contributed by atoms with Crippen LogP contribution in [0.1, 0.15) is 49.2 Å². The molecule has 4 rings (SSSR count). The van der Waals surface area contributed by atoms with Crippen LogP contribution in [0, 0.1) is 12.3 Å². The van der Waals surface area contributed by atoms with Crippen molar-refractivity contribution in [3.05, 3.63) is 47.7 Å². The van der Waals surface area contributed by atoms with Gasteiger partial charge in [-0.2, -0.15) is 0 Å². The summed E-state index contributed by atoms with van der Waals surface area (Å²) in [6.45, 7) is 7.94. The third-order valence-electron chi connectivity index (χ3n) is 6.15. The van der Waals surface area contributed by atoms with Gasteiger partial charge in [-0.3, -0.25) is 9.59 Å². The summed E-state index contributed by atoms with van der Waals surface area (Å²) in [4.78, 5) is 30.3. The number of aryl methyl sites for hydroxylation is 1. The van der Waals surface area contributed by atoms with E-state index >= 15 is 0 Å². The van der Waals surface area contributed by atoms with E-state index in [-0.39, 0.29) is 17.9 Å². The lowest BCUT2D eigenvalue weighted by Crippen LogP contribution is -2.52. The van der Waals surface area contributed by atoms with Crippen molar-refractivity contribution < 1.29 is 14.0 Å². The van der Waals surface area contributed by atoms with E-state index in [1.807, 2.05) is 53.1 Å². The largest absolute Gasteiger partial charge is 0.461 e. The molecule has 0 N–H and O–H groups in total. The van der Waals surface area contributed by atoms with Crippen LogP contribution in [0.5, 0.6) is 0 Å². The number of piperidine rings is 1. The third-order valence-corrected chi connectivity index (χ3v) is 6.15. The predicted octanol–water partition coefficient (Wildman–Crippen LogP) is 4.12. The Kier molecular flexibility index (Phi) is 4.77. The van der Waals surface area contributed by atoms with Gasteiger partial charge in [-0.25, -0.2) is 0 Å². The van der Waals surface area contributed by atoms with Crippen LogP contribution in [0.3, 0.4) is 0 Å². The molecule has 0 saturated carbocycles. The highest BCUT2D eigenvalue weighted by atomic mass is 16.3. The average Bonchev–Trinajstić information content (AvgIpc) is 3.29. The zero-order chi connectivity index (χ0) is 19.9. The summed E-state index contributed by atoms with van der Waals surface area (Å²) in [6.07, 6.45) is 2.62. The van der Waals surface area contributed by atoms with E-state index in [1.165, 1.54) is 0 Å². The minimum atomic E-state index is -0.413. The van der Waals surface area contributed by atoms with Crippen molar-refractivity contribution in [1.82, 2.24) is 9.80 Å². The van der Waals surface area contributed by atoms with E-state index < -0.39 is 5.41 Å². The van der Waals surface area contributed by atoms with E-state index in [0.29, 0.717) is 24.4 Å². The topological polar surface area (TPSA) is 53.8 Å². The van der Waals surface area contributed by atoms with Gasteiger partial charge in [0.15, 0.2) is 0 Å². The fourth-order valence-electron chi connectivity index (χ4n) is 4.67. The second-order valence-electron chi connectivity index (χ2n) is 8.42. The normalized spacial score (nSPS) is 22.5. The molecule has 2 amide bonds. The molecule has 148 valence electrons. The molecular weight excluding hydrogens is 352 g/mol. The molecule has 1 aromatic carbocycles. The predicted molar refractivity (Wildman–Crippen MR) is 108 cm³/mol. The first-order valence-electron chi connectivity index (χ1n) is 10.2. The number of furan rings is 1. The fourth-order valence-corrected chi connectivity index (χ4v) is 4.67. The number of amides is 2. The molecule has 1 atom stereocenters. The fraction of sp³-hybridized carbons (Fsp3) is 0.478. The summed E-state index contributed by atoms with van der Waals surface area (Å²) in [5, 5.41) is 0. The number of carbonyl (C=O) groups excluding carboxylic acids is 2. The summed E-state index contributed by atoms with van der Waals surface area (Å²) in [7, 11) is 0. The standard InChI is InChI=1S/C23H28N2O3/c1-16(2)25-12-7-10-23(22(25)27)11-13-24(15-23)21(26)19-14-17(3)28-20(19)18-8-5-4-6-9-18/h4-6,8-9,14,16H,7,10-13,15H2,1-3H3.